The average molecular weight is 375 g/mol. The number of amides is 1. The predicted molar refractivity (Wildman–Crippen MR) is 90.3 cm³/mol. The molecule has 1 amide bonds. The summed E-state index contributed by atoms with van der Waals surface area (Å²) < 4.78 is 45.8. The van der Waals surface area contributed by atoms with Gasteiger partial charge >= 0.3 is 6.18 Å². The van der Waals surface area contributed by atoms with Gasteiger partial charge in [-0.2, -0.15) is 13.2 Å². The minimum Gasteiger partial charge on any atom is -0.494 e. The molecule has 5 nitrogen and oxygen atoms in total. The second-order valence-corrected chi connectivity index (χ2v) is 5.89. The molecule has 8 heteroatoms. The summed E-state index contributed by atoms with van der Waals surface area (Å²) in [4.78, 5) is 23.8. The van der Waals surface area contributed by atoms with Gasteiger partial charge in [0, 0.05) is 24.4 Å². The van der Waals surface area contributed by atoms with Gasteiger partial charge < -0.3 is 14.8 Å². The second-order valence-electron chi connectivity index (χ2n) is 5.89. The predicted octanol–water partition coefficient (Wildman–Crippen LogP) is 3.52. The lowest BCUT2D eigenvalue weighted by Crippen LogP contribution is -2.37. The number of Topliss-reactive ketones (excluding diaryl/α,β-unsaturated/α-hetero) is 1. The first kappa shape index (κ1) is 22.0. The normalized spacial score (nSPS) is 12.5. The highest BCUT2D eigenvalue weighted by molar-refractivity contribution is 5.98. The average Bonchev–Trinajstić information content (AvgIpc) is 2.57. The Kier molecular flexibility index (Phi) is 9.12. The molecule has 0 aliphatic heterocycles. The molecule has 1 aromatic rings. The lowest BCUT2D eigenvalue weighted by molar-refractivity contribution is -0.175. The van der Waals surface area contributed by atoms with Crippen LogP contribution in [0.15, 0.2) is 24.3 Å². The molecule has 1 atom stereocenters. The van der Waals surface area contributed by atoms with Crippen molar-refractivity contribution in [2.45, 2.75) is 45.3 Å². The quantitative estimate of drug-likeness (QED) is 0.601. The standard InChI is InChI=1S/C18H24F3NO4/c1-3-10-26-15-6-4-14(5-7-15)16(23)8-9-17(24)22-13(2)11-25-12-18(19,20)21/h4-7,13H,3,8-12H2,1-2H3,(H,22,24). The molecule has 0 radical (unpaired) electrons. The fraction of sp³-hybridized carbons (Fsp3) is 0.556. The van der Waals surface area contributed by atoms with Crippen LogP contribution < -0.4 is 10.1 Å². The molecule has 1 aromatic carbocycles. The summed E-state index contributed by atoms with van der Waals surface area (Å²) in [6.45, 7) is 2.51. The SMILES string of the molecule is CCCOc1ccc(C(=O)CCC(=O)NC(C)COCC(F)(F)F)cc1. The Labute approximate surface area is 150 Å². The van der Waals surface area contributed by atoms with E-state index < -0.39 is 24.7 Å². The highest BCUT2D eigenvalue weighted by Crippen LogP contribution is 2.15. The monoisotopic (exact) mass is 375 g/mol. The maximum Gasteiger partial charge on any atom is 0.411 e. The molecule has 0 spiro atoms. The zero-order valence-corrected chi connectivity index (χ0v) is 14.9. The van der Waals surface area contributed by atoms with Crippen molar-refractivity contribution in [3.63, 3.8) is 0 Å². The van der Waals surface area contributed by atoms with Crippen LogP contribution in [0.3, 0.4) is 0 Å². The summed E-state index contributed by atoms with van der Waals surface area (Å²) in [6, 6.07) is 6.10. The van der Waals surface area contributed by atoms with Crippen molar-refractivity contribution in [3.8, 4) is 5.75 Å². The molecule has 0 saturated carbocycles. The van der Waals surface area contributed by atoms with Crippen LogP contribution in [0.25, 0.3) is 0 Å². The molecule has 1 rings (SSSR count). The van der Waals surface area contributed by atoms with E-state index in [9.17, 15) is 22.8 Å². The Morgan fingerprint density at radius 3 is 2.38 bits per heavy atom. The zero-order valence-electron chi connectivity index (χ0n) is 14.9. The first-order valence-electron chi connectivity index (χ1n) is 8.41. The van der Waals surface area contributed by atoms with Crippen molar-refractivity contribution >= 4 is 11.7 Å². The Bertz CT molecular complexity index is 573. The number of hydrogen-bond donors (Lipinski definition) is 1. The highest BCUT2D eigenvalue weighted by atomic mass is 19.4. The summed E-state index contributed by atoms with van der Waals surface area (Å²) >= 11 is 0. The fourth-order valence-corrected chi connectivity index (χ4v) is 2.07. The molecule has 0 aliphatic carbocycles. The number of rotatable bonds is 11. The number of benzene rings is 1. The number of nitrogens with one attached hydrogen (secondary N) is 1. The van der Waals surface area contributed by atoms with Crippen molar-refractivity contribution < 1.29 is 32.2 Å². The molecule has 1 N–H and O–H groups in total. The third-order valence-electron chi connectivity index (χ3n) is 3.27. The minimum atomic E-state index is -4.40. The molecule has 1 unspecified atom stereocenters. The molecular weight excluding hydrogens is 351 g/mol. The van der Waals surface area contributed by atoms with Crippen LogP contribution in [0, 0.1) is 0 Å². The van der Waals surface area contributed by atoms with Gasteiger partial charge in [0.1, 0.15) is 12.4 Å². The number of alkyl halides is 3. The first-order valence-corrected chi connectivity index (χ1v) is 8.41. The molecule has 0 aromatic heterocycles. The number of ether oxygens (including phenoxy) is 2. The van der Waals surface area contributed by atoms with Crippen LogP contribution in [0.2, 0.25) is 0 Å². The Morgan fingerprint density at radius 1 is 1.15 bits per heavy atom. The van der Waals surface area contributed by atoms with Gasteiger partial charge in [-0.25, -0.2) is 0 Å². The molecule has 26 heavy (non-hydrogen) atoms. The third-order valence-corrected chi connectivity index (χ3v) is 3.27. The second kappa shape index (κ2) is 10.8. The summed E-state index contributed by atoms with van der Waals surface area (Å²) in [5, 5.41) is 2.50. The van der Waals surface area contributed by atoms with E-state index in [1.165, 1.54) is 6.92 Å². The van der Waals surface area contributed by atoms with Gasteiger partial charge in [0.2, 0.25) is 5.91 Å². The van der Waals surface area contributed by atoms with Gasteiger partial charge in [0.15, 0.2) is 5.78 Å². The minimum absolute atomic E-state index is 0.0110. The van der Waals surface area contributed by atoms with E-state index in [0.717, 1.165) is 6.42 Å². The Morgan fingerprint density at radius 2 is 1.81 bits per heavy atom. The van der Waals surface area contributed by atoms with Crippen molar-refractivity contribution in [3.05, 3.63) is 29.8 Å². The lowest BCUT2D eigenvalue weighted by Gasteiger charge is -2.15. The summed E-state index contributed by atoms with van der Waals surface area (Å²) in [5.74, 6) is 0.0707. The van der Waals surface area contributed by atoms with Crippen LogP contribution >= 0.6 is 0 Å². The Balaban J connectivity index is 2.31. The lowest BCUT2D eigenvalue weighted by atomic mass is 10.1. The van der Waals surface area contributed by atoms with Gasteiger partial charge in [-0.05, 0) is 37.6 Å². The first-order chi connectivity index (χ1) is 12.2. The molecule has 0 heterocycles. The smallest absolute Gasteiger partial charge is 0.411 e. The summed E-state index contributed by atoms with van der Waals surface area (Å²) in [6.07, 6.45) is -3.55. The van der Waals surface area contributed by atoms with E-state index in [1.807, 2.05) is 6.92 Å². The van der Waals surface area contributed by atoms with Gasteiger partial charge in [-0.3, -0.25) is 9.59 Å². The van der Waals surface area contributed by atoms with Crippen LogP contribution in [0.4, 0.5) is 13.2 Å². The van der Waals surface area contributed by atoms with E-state index in [2.05, 4.69) is 10.1 Å². The summed E-state index contributed by atoms with van der Waals surface area (Å²) in [7, 11) is 0. The van der Waals surface area contributed by atoms with E-state index in [4.69, 9.17) is 4.74 Å². The summed E-state index contributed by atoms with van der Waals surface area (Å²) in [5.41, 5.74) is 0.475. The maximum absolute atomic E-state index is 12.1. The largest absolute Gasteiger partial charge is 0.494 e. The number of ketones is 1. The van der Waals surface area contributed by atoms with Crippen LogP contribution in [0.5, 0.6) is 5.75 Å². The number of halogens is 3. The van der Waals surface area contributed by atoms with E-state index in [0.29, 0.717) is 17.9 Å². The number of carbonyl (C=O) groups excluding carboxylic acids is 2. The molecule has 0 aliphatic rings. The topological polar surface area (TPSA) is 64.6 Å². The van der Waals surface area contributed by atoms with Crippen molar-refractivity contribution in [1.29, 1.82) is 0 Å². The number of hydrogen-bond acceptors (Lipinski definition) is 4. The van der Waals surface area contributed by atoms with Gasteiger partial charge in [-0.15, -0.1) is 0 Å². The van der Waals surface area contributed by atoms with Crippen molar-refractivity contribution in [1.82, 2.24) is 5.32 Å². The van der Waals surface area contributed by atoms with Crippen LogP contribution in [-0.4, -0.2) is 43.7 Å². The molecule has 0 bridgehead atoms. The van der Waals surface area contributed by atoms with Gasteiger partial charge in [0.25, 0.3) is 0 Å². The van der Waals surface area contributed by atoms with Crippen LogP contribution in [0.1, 0.15) is 43.5 Å². The van der Waals surface area contributed by atoms with Gasteiger partial charge in [0.05, 0.1) is 13.2 Å². The van der Waals surface area contributed by atoms with E-state index >= 15 is 0 Å². The van der Waals surface area contributed by atoms with Crippen molar-refractivity contribution in [2.75, 3.05) is 19.8 Å². The van der Waals surface area contributed by atoms with Gasteiger partial charge in [-0.1, -0.05) is 6.92 Å². The van der Waals surface area contributed by atoms with Crippen LogP contribution in [-0.2, 0) is 9.53 Å². The highest BCUT2D eigenvalue weighted by Gasteiger charge is 2.27. The molecule has 0 saturated heterocycles. The van der Waals surface area contributed by atoms with E-state index in [-0.39, 0.29) is 25.2 Å². The Hall–Kier alpha value is -2.09. The zero-order chi connectivity index (χ0) is 19.6. The third kappa shape index (κ3) is 9.41. The number of carbonyl (C=O) groups is 2. The molecular formula is C18H24F3NO4. The van der Waals surface area contributed by atoms with Crippen molar-refractivity contribution in [2.24, 2.45) is 0 Å². The molecule has 146 valence electrons. The van der Waals surface area contributed by atoms with E-state index in [1.54, 1.807) is 24.3 Å². The maximum atomic E-state index is 12.1. The molecule has 0 fully saturated rings. The fourth-order valence-electron chi connectivity index (χ4n) is 2.07.